The van der Waals surface area contributed by atoms with Gasteiger partial charge in [0.2, 0.25) is 0 Å². The summed E-state index contributed by atoms with van der Waals surface area (Å²) >= 11 is 6.02. The Morgan fingerprint density at radius 1 is 1.33 bits per heavy atom. The van der Waals surface area contributed by atoms with E-state index in [1.54, 1.807) is 18.6 Å². The van der Waals surface area contributed by atoms with E-state index in [0.717, 1.165) is 35.8 Å². The number of aromatic nitrogens is 4. The zero-order valence-electron chi connectivity index (χ0n) is 13.4. The molecule has 2 atom stereocenters. The number of pyridine rings is 1. The fraction of sp³-hybridized carbons (Fsp3) is 0.353. The van der Waals surface area contributed by atoms with Crippen LogP contribution in [0.2, 0.25) is 5.02 Å². The van der Waals surface area contributed by atoms with Crippen molar-refractivity contribution in [3.8, 4) is 11.4 Å². The Labute approximate surface area is 145 Å². The van der Waals surface area contributed by atoms with Crippen LogP contribution in [-0.4, -0.2) is 38.0 Å². The number of fused-ring (bicyclic) bond motifs is 1. The van der Waals surface area contributed by atoms with E-state index >= 15 is 0 Å². The number of rotatable bonds is 3. The first kappa shape index (κ1) is 15.4. The molecule has 0 aliphatic carbocycles. The molecule has 4 rings (SSSR count). The summed E-state index contributed by atoms with van der Waals surface area (Å²) in [6.45, 7) is 3.28. The van der Waals surface area contributed by atoms with Gasteiger partial charge >= 0.3 is 0 Å². The van der Waals surface area contributed by atoms with Gasteiger partial charge in [0.15, 0.2) is 0 Å². The topological polar surface area (TPSA) is 67.1 Å². The largest absolute Gasteiger partial charge is 0.364 e. The number of imidazole rings is 1. The molecule has 4 heterocycles. The molecule has 1 aliphatic heterocycles. The van der Waals surface area contributed by atoms with Crippen molar-refractivity contribution in [3.63, 3.8) is 0 Å². The molecule has 1 saturated heterocycles. The summed E-state index contributed by atoms with van der Waals surface area (Å²) in [7, 11) is 0. The van der Waals surface area contributed by atoms with Gasteiger partial charge in [-0.1, -0.05) is 11.6 Å². The van der Waals surface area contributed by atoms with Gasteiger partial charge in [-0.2, -0.15) is 0 Å². The number of halogens is 1. The average molecular weight is 343 g/mol. The first-order valence-electron chi connectivity index (χ1n) is 8.16. The summed E-state index contributed by atoms with van der Waals surface area (Å²) < 4.78 is 1.96. The Kier molecular flexibility index (Phi) is 4.08. The standard InChI is InChI=1S/C17H19ClN6/c1-11-13(3-2-5-20-11)22-16-10-19-8-14(23-16)15-9-21-17-7-12(18)4-6-24(15)17/h4,6-11,13,20H,2-3,5H2,1H3,(H,22,23). The van der Waals surface area contributed by atoms with Crippen LogP contribution in [0.5, 0.6) is 0 Å². The van der Waals surface area contributed by atoms with Crippen molar-refractivity contribution >= 4 is 23.1 Å². The SMILES string of the molecule is CC1NCCCC1Nc1cncc(-c2cnc3cc(Cl)ccn23)n1. The molecule has 7 heteroatoms. The maximum Gasteiger partial charge on any atom is 0.145 e. The van der Waals surface area contributed by atoms with Gasteiger partial charge in [0.1, 0.15) is 17.2 Å². The van der Waals surface area contributed by atoms with E-state index in [9.17, 15) is 0 Å². The molecule has 0 spiro atoms. The third-order valence-electron chi connectivity index (χ3n) is 4.47. The van der Waals surface area contributed by atoms with Crippen molar-refractivity contribution in [2.75, 3.05) is 11.9 Å². The van der Waals surface area contributed by atoms with E-state index in [1.807, 2.05) is 22.7 Å². The quantitative estimate of drug-likeness (QED) is 0.766. The van der Waals surface area contributed by atoms with Gasteiger partial charge in [-0.15, -0.1) is 0 Å². The van der Waals surface area contributed by atoms with Crippen molar-refractivity contribution in [1.82, 2.24) is 24.7 Å². The number of piperidine rings is 1. The molecule has 0 amide bonds. The molecule has 2 N–H and O–H groups in total. The number of hydrogen-bond acceptors (Lipinski definition) is 5. The van der Waals surface area contributed by atoms with Crippen LogP contribution in [0.1, 0.15) is 19.8 Å². The van der Waals surface area contributed by atoms with Crippen LogP contribution in [0.4, 0.5) is 5.82 Å². The van der Waals surface area contributed by atoms with Crippen molar-refractivity contribution in [2.45, 2.75) is 31.8 Å². The van der Waals surface area contributed by atoms with Crippen molar-refractivity contribution in [2.24, 2.45) is 0 Å². The van der Waals surface area contributed by atoms with E-state index in [4.69, 9.17) is 16.6 Å². The van der Waals surface area contributed by atoms with Gasteiger partial charge in [-0.3, -0.25) is 9.38 Å². The molecule has 0 bridgehead atoms. The average Bonchev–Trinajstić information content (AvgIpc) is 3.00. The van der Waals surface area contributed by atoms with E-state index in [1.165, 1.54) is 6.42 Å². The van der Waals surface area contributed by atoms with Gasteiger partial charge in [0.05, 0.1) is 24.3 Å². The second kappa shape index (κ2) is 6.37. The lowest BCUT2D eigenvalue weighted by molar-refractivity contribution is 0.388. The molecule has 124 valence electrons. The van der Waals surface area contributed by atoms with E-state index in [-0.39, 0.29) is 0 Å². The molecule has 3 aromatic rings. The van der Waals surface area contributed by atoms with Crippen LogP contribution < -0.4 is 10.6 Å². The molecule has 0 saturated carbocycles. The minimum atomic E-state index is 0.365. The molecular weight excluding hydrogens is 324 g/mol. The summed E-state index contributed by atoms with van der Waals surface area (Å²) in [5, 5.41) is 7.66. The normalized spacial score (nSPS) is 21.1. The monoisotopic (exact) mass is 342 g/mol. The minimum absolute atomic E-state index is 0.365. The lowest BCUT2D eigenvalue weighted by Gasteiger charge is -2.30. The van der Waals surface area contributed by atoms with Gasteiger partial charge in [-0.05, 0) is 32.4 Å². The fourth-order valence-corrected chi connectivity index (χ4v) is 3.29. The number of nitrogens with one attached hydrogen (secondary N) is 2. The predicted octanol–water partition coefficient (Wildman–Crippen LogP) is 3.00. The number of anilines is 1. The van der Waals surface area contributed by atoms with E-state index in [2.05, 4.69) is 27.5 Å². The highest BCUT2D eigenvalue weighted by Gasteiger charge is 2.21. The van der Waals surface area contributed by atoms with Crippen LogP contribution in [0.15, 0.2) is 36.9 Å². The zero-order chi connectivity index (χ0) is 16.5. The minimum Gasteiger partial charge on any atom is -0.364 e. The highest BCUT2D eigenvalue weighted by Crippen LogP contribution is 2.22. The summed E-state index contributed by atoms with van der Waals surface area (Å²) in [5.41, 5.74) is 2.47. The summed E-state index contributed by atoms with van der Waals surface area (Å²) in [6, 6.07) is 4.45. The second-order valence-corrected chi connectivity index (χ2v) is 6.58. The Morgan fingerprint density at radius 3 is 3.12 bits per heavy atom. The number of nitrogens with zero attached hydrogens (tertiary/aromatic N) is 4. The van der Waals surface area contributed by atoms with Gasteiger partial charge in [0, 0.05) is 29.4 Å². The van der Waals surface area contributed by atoms with Crippen LogP contribution in [0.3, 0.4) is 0 Å². The van der Waals surface area contributed by atoms with Crippen LogP contribution >= 0.6 is 11.6 Å². The Morgan fingerprint density at radius 2 is 2.25 bits per heavy atom. The van der Waals surface area contributed by atoms with E-state index in [0.29, 0.717) is 17.1 Å². The van der Waals surface area contributed by atoms with E-state index < -0.39 is 0 Å². The summed E-state index contributed by atoms with van der Waals surface area (Å²) in [4.78, 5) is 13.5. The first-order valence-corrected chi connectivity index (χ1v) is 8.53. The highest BCUT2D eigenvalue weighted by atomic mass is 35.5. The third-order valence-corrected chi connectivity index (χ3v) is 4.70. The summed E-state index contributed by atoms with van der Waals surface area (Å²) in [6.07, 6.45) is 9.52. The highest BCUT2D eigenvalue weighted by molar-refractivity contribution is 6.30. The van der Waals surface area contributed by atoms with Crippen LogP contribution in [-0.2, 0) is 0 Å². The lowest BCUT2D eigenvalue weighted by atomic mass is 10.00. The maximum absolute atomic E-state index is 6.02. The maximum atomic E-state index is 6.02. The van der Waals surface area contributed by atoms with Crippen molar-refractivity contribution < 1.29 is 0 Å². The van der Waals surface area contributed by atoms with Crippen molar-refractivity contribution in [1.29, 1.82) is 0 Å². The molecule has 2 unspecified atom stereocenters. The zero-order valence-corrected chi connectivity index (χ0v) is 14.2. The predicted molar refractivity (Wildman–Crippen MR) is 95.3 cm³/mol. The third kappa shape index (κ3) is 2.95. The number of hydrogen-bond donors (Lipinski definition) is 2. The molecule has 1 fully saturated rings. The molecule has 0 aromatic carbocycles. The Balaban J connectivity index is 1.64. The van der Waals surface area contributed by atoms with Crippen molar-refractivity contribution in [3.05, 3.63) is 41.9 Å². The van der Waals surface area contributed by atoms with Gasteiger partial charge < -0.3 is 10.6 Å². The smallest absolute Gasteiger partial charge is 0.145 e. The molecule has 0 radical (unpaired) electrons. The van der Waals surface area contributed by atoms with Gasteiger partial charge in [0.25, 0.3) is 0 Å². The molecule has 24 heavy (non-hydrogen) atoms. The molecular formula is C17H19ClN6. The lowest BCUT2D eigenvalue weighted by Crippen LogP contribution is -2.46. The molecule has 6 nitrogen and oxygen atoms in total. The second-order valence-electron chi connectivity index (χ2n) is 6.14. The Hall–Kier alpha value is -2.18. The van der Waals surface area contributed by atoms with Crippen LogP contribution in [0, 0.1) is 0 Å². The first-order chi connectivity index (χ1) is 11.7. The molecule has 3 aromatic heterocycles. The fourth-order valence-electron chi connectivity index (χ4n) is 3.14. The molecule has 1 aliphatic rings. The van der Waals surface area contributed by atoms with Crippen LogP contribution in [0.25, 0.3) is 17.0 Å². The Bertz CT molecular complexity index is 861. The summed E-state index contributed by atoms with van der Waals surface area (Å²) in [5.74, 6) is 0.789. The van der Waals surface area contributed by atoms with Gasteiger partial charge in [-0.25, -0.2) is 9.97 Å².